The van der Waals surface area contributed by atoms with Crippen LogP contribution in [0.1, 0.15) is 34.3 Å². The molecule has 0 aliphatic heterocycles. The second kappa shape index (κ2) is 10.8. The van der Waals surface area contributed by atoms with Gasteiger partial charge in [-0.3, -0.25) is 14.6 Å². The number of anilines is 1. The van der Waals surface area contributed by atoms with E-state index in [2.05, 4.69) is 15.6 Å². The summed E-state index contributed by atoms with van der Waals surface area (Å²) in [7, 11) is 0. The van der Waals surface area contributed by atoms with E-state index in [1.165, 1.54) is 6.20 Å². The molecule has 0 aliphatic rings. The maximum Gasteiger partial charge on any atom is 0.253 e. The monoisotopic (exact) mass is 403 g/mol. The Bertz CT molecular complexity index is 973. The molecule has 0 aliphatic carbocycles. The fourth-order valence-corrected chi connectivity index (χ4v) is 2.84. The molecule has 0 saturated heterocycles. The molecule has 0 radical (unpaired) electrons. The van der Waals surface area contributed by atoms with Crippen LogP contribution in [0.3, 0.4) is 0 Å². The minimum absolute atomic E-state index is 0.0546. The van der Waals surface area contributed by atoms with Crippen molar-refractivity contribution in [3.63, 3.8) is 0 Å². The maximum atomic E-state index is 12.1. The van der Waals surface area contributed by atoms with Gasteiger partial charge in [-0.15, -0.1) is 0 Å². The van der Waals surface area contributed by atoms with Crippen LogP contribution in [0.4, 0.5) is 5.69 Å². The summed E-state index contributed by atoms with van der Waals surface area (Å²) in [6, 6.07) is 18.7. The smallest absolute Gasteiger partial charge is 0.253 e. The van der Waals surface area contributed by atoms with Crippen molar-refractivity contribution in [2.45, 2.75) is 26.3 Å². The van der Waals surface area contributed by atoms with Gasteiger partial charge in [-0.25, -0.2) is 0 Å². The molecule has 3 rings (SSSR count). The highest BCUT2D eigenvalue weighted by Gasteiger charge is 2.06. The van der Waals surface area contributed by atoms with Crippen LogP contribution in [-0.2, 0) is 11.3 Å². The summed E-state index contributed by atoms with van der Waals surface area (Å²) >= 11 is 0. The first-order chi connectivity index (χ1) is 14.6. The Morgan fingerprint density at radius 1 is 1.00 bits per heavy atom. The number of carbonyl (C=O) groups excluding carboxylic acids is 2. The second-order valence-corrected chi connectivity index (χ2v) is 6.89. The second-order valence-electron chi connectivity index (χ2n) is 6.89. The number of ether oxygens (including phenoxy) is 1. The summed E-state index contributed by atoms with van der Waals surface area (Å²) in [6.07, 6.45) is 4.18. The zero-order chi connectivity index (χ0) is 21.2. The summed E-state index contributed by atoms with van der Waals surface area (Å²) in [5, 5.41) is 5.73. The molecule has 2 aromatic carbocycles. The number of hydrogen-bond acceptors (Lipinski definition) is 4. The van der Waals surface area contributed by atoms with E-state index in [4.69, 9.17) is 4.74 Å². The van der Waals surface area contributed by atoms with Gasteiger partial charge in [0, 0.05) is 31.0 Å². The first-order valence-electron chi connectivity index (χ1n) is 9.87. The summed E-state index contributed by atoms with van der Waals surface area (Å²) < 4.78 is 5.71. The van der Waals surface area contributed by atoms with Crippen LogP contribution in [0, 0.1) is 6.92 Å². The molecular weight excluding hydrogens is 378 g/mol. The Kier molecular flexibility index (Phi) is 7.55. The standard InChI is InChI=1S/C24H25N3O3/c1-18-6-2-3-8-22(18)30-15-5-9-23(28)27-21-12-10-19(11-13-21)16-26-24(29)20-7-4-14-25-17-20/h2-4,6-8,10-14,17H,5,9,15-16H2,1H3,(H,26,29)(H,27,28). The molecule has 0 unspecified atom stereocenters. The Hall–Kier alpha value is -3.67. The molecule has 0 bridgehead atoms. The number of benzene rings is 2. The highest BCUT2D eigenvalue weighted by molar-refractivity contribution is 5.93. The van der Waals surface area contributed by atoms with E-state index in [0.717, 1.165) is 22.6 Å². The SMILES string of the molecule is Cc1ccccc1OCCCC(=O)Nc1ccc(CNC(=O)c2cccnc2)cc1. The minimum Gasteiger partial charge on any atom is -0.493 e. The number of hydrogen-bond donors (Lipinski definition) is 2. The number of carbonyl (C=O) groups is 2. The first-order valence-corrected chi connectivity index (χ1v) is 9.87. The van der Waals surface area contributed by atoms with Crippen molar-refractivity contribution in [3.8, 4) is 5.75 Å². The highest BCUT2D eigenvalue weighted by Crippen LogP contribution is 2.16. The van der Waals surface area contributed by atoms with E-state index < -0.39 is 0 Å². The van der Waals surface area contributed by atoms with Crippen LogP contribution in [-0.4, -0.2) is 23.4 Å². The lowest BCUT2D eigenvalue weighted by atomic mass is 10.2. The predicted molar refractivity (Wildman–Crippen MR) is 116 cm³/mol. The van der Waals surface area contributed by atoms with Gasteiger partial charge < -0.3 is 15.4 Å². The minimum atomic E-state index is -0.173. The van der Waals surface area contributed by atoms with E-state index >= 15 is 0 Å². The van der Waals surface area contributed by atoms with Gasteiger partial charge in [-0.2, -0.15) is 0 Å². The van der Waals surface area contributed by atoms with Gasteiger partial charge in [0.15, 0.2) is 0 Å². The van der Waals surface area contributed by atoms with Crippen LogP contribution in [0.25, 0.3) is 0 Å². The van der Waals surface area contributed by atoms with Crippen molar-refractivity contribution in [3.05, 3.63) is 89.7 Å². The van der Waals surface area contributed by atoms with E-state index in [-0.39, 0.29) is 11.8 Å². The Balaban J connectivity index is 1.38. The number of para-hydroxylation sites is 1. The summed E-state index contributed by atoms with van der Waals surface area (Å²) in [5.41, 5.74) is 3.27. The van der Waals surface area contributed by atoms with Crippen molar-refractivity contribution in [1.82, 2.24) is 10.3 Å². The molecule has 2 amide bonds. The maximum absolute atomic E-state index is 12.1. The van der Waals surface area contributed by atoms with Crippen LogP contribution in [0.2, 0.25) is 0 Å². The predicted octanol–water partition coefficient (Wildman–Crippen LogP) is 4.12. The number of nitrogens with zero attached hydrogens (tertiary/aromatic N) is 1. The Labute approximate surface area is 176 Å². The fourth-order valence-electron chi connectivity index (χ4n) is 2.84. The van der Waals surface area contributed by atoms with Crippen molar-refractivity contribution < 1.29 is 14.3 Å². The van der Waals surface area contributed by atoms with Gasteiger partial charge in [-0.1, -0.05) is 30.3 Å². The molecule has 2 N–H and O–H groups in total. The van der Waals surface area contributed by atoms with E-state index in [1.54, 1.807) is 18.3 Å². The van der Waals surface area contributed by atoms with Crippen LogP contribution < -0.4 is 15.4 Å². The lowest BCUT2D eigenvalue weighted by Crippen LogP contribution is -2.22. The quantitative estimate of drug-likeness (QED) is 0.527. The van der Waals surface area contributed by atoms with Gasteiger partial charge >= 0.3 is 0 Å². The van der Waals surface area contributed by atoms with E-state index in [9.17, 15) is 9.59 Å². The molecular formula is C24H25N3O3. The number of rotatable bonds is 9. The largest absolute Gasteiger partial charge is 0.493 e. The Morgan fingerprint density at radius 3 is 2.53 bits per heavy atom. The van der Waals surface area contributed by atoms with Gasteiger partial charge in [0.1, 0.15) is 5.75 Å². The topological polar surface area (TPSA) is 80.3 Å². The summed E-state index contributed by atoms with van der Waals surface area (Å²) in [5.74, 6) is 0.624. The molecule has 0 atom stereocenters. The average Bonchev–Trinajstić information content (AvgIpc) is 2.78. The first kappa shape index (κ1) is 21.0. The molecule has 0 fully saturated rings. The van der Waals surface area contributed by atoms with Crippen molar-refractivity contribution in [2.75, 3.05) is 11.9 Å². The number of nitrogens with one attached hydrogen (secondary N) is 2. The number of aryl methyl sites for hydroxylation is 1. The average molecular weight is 403 g/mol. The third-order valence-corrected chi connectivity index (χ3v) is 4.51. The zero-order valence-electron chi connectivity index (χ0n) is 16.9. The fraction of sp³-hybridized carbons (Fsp3) is 0.208. The van der Waals surface area contributed by atoms with Gasteiger partial charge in [0.25, 0.3) is 5.91 Å². The van der Waals surface area contributed by atoms with Crippen molar-refractivity contribution in [2.24, 2.45) is 0 Å². The lowest BCUT2D eigenvalue weighted by molar-refractivity contribution is -0.116. The zero-order valence-corrected chi connectivity index (χ0v) is 16.9. The van der Waals surface area contributed by atoms with Gasteiger partial charge in [0.2, 0.25) is 5.91 Å². The summed E-state index contributed by atoms with van der Waals surface area (Å²) in [6.45, 7) is 2.89. The molecule has 6 nitrogen and oxygen atoms in total. The lowest BCUT2D eigenvalue weighted by Gasteiger charge is -2.09. The molecule has 1 heterocycles. The molecule has 0 saturated carbocycles. The third kappa shape index (κ3) is 6.44. The molecule has 1 aromatic heterocycles. The van der Waals surface area contributed by atoms with Crippen molar-refractivity contribution in [1.29, 1.82) is 0 Å². The molecule has 3 aromatic rings. The van der Waals surface area contributed by atoms with Crippen LogP contribution in [0.5, 0.6) is 5.75 Å². The number of amides is 2. The van der Waals surface area contributed by atoms with E-state index in [0.29, 0.717) is 31.6 Å². The van der Waals surface area contributed by atoms with Crippen LogP contribution >= 0.6 is 0 Å². The molecule has 6 heteroatoms. The molecule has 30 heavy (non-hydrogen) atoms. The highest BCUT2D eigenvalue weighted by atomic mass is 16.5. The number of pyridine rings is 1. The van der Waals surface area contributed by atoms with Crippen molar-refractivity contribution >= 4 is 17.5 Å². The van der Waals surface area contributed by atoms with Crippen LogP contribution in [0.15, 0.2) is 73.1 Å². The normalized spacial score (nSPS) is 10.3. The molecule has 0 spiro atoms. The third-order valence-electron chi connectivity index (χ3n) is 4.51. The summed E-state index contributed by atoms with van der Waals surface area (Å²) in [4.78, 5) is 28.1. The van der Waals surface area contributed by atoms with Gasteiger partial charge in [0.05, 0.1) is 12.2 Å². The Morgan fingerprint density at radius 2 is 1.80 bits per heavy atom. The van der Waals surface area contributed by atoms with Gasteiger partial charge in [-0.05, 0) is 54.8 Å². The van der Waals surface area contributed by atoms with E-state index in [1.807, 2.05) is 55.5 Å². The number of aromatic nitrogens is 1. The molecule has 154 valence electrons.